The Hall–Kier alpha value is -1.33. The first-order valence-electron chi connectivity index (χ1n) is 6.10. The molecule has 0 aliphatic carbocycles. The zero-order valence-electron chi connectivity index (χ0n) is 10.4. The van der Waals surface area contributed by atoms with Crippen LogP contribution in [0.1, 0.15) is 29.6 Å². The lowest BCUT2D eigenvalue weighted by atomic mass is 10.2. The fraction of sp³-hybridized carbons (Fsp3) is 0.500. The Labute approximate surface area is 111 Å². The summed E-state index contributed by atoms with van der Waals surface area (Å²) in [4.78, 5) is 16.1. The maximum atomic E-state index is 12.0. The highest BCUT2D eigenvalue weighted by Crippen LogP contribution is 2.19. The van der Waals surface area contributed by atoms with Gasteiger partial charge >= 0.3 is 0 Å². The highest BCUT2D eigenvalue weighted by atomic mass is 35.5. The van der Waals surface area contributed by atoms with E-state index in [1.165, 1.54) is 12.6 Å². The van der Waals surface area contributed by atoms with Gasteiger partial charge in [-0.05, 0) is 18.9 Å². The number of pyridine rings is 1. The molecule has 2 N–H and O–H groups in total. The first kappa shape index (κ1) is 13.1. The predicted octanol–water partition coefficient (Wildman–Crippen LogP) is 1.91. The van der Waals surface area contributed by atoms with Crippen LogP contribution in [0.4, 0.5) is 5.82 Å². The van der Waals surface area contributed by atoms with Gasteiger partial charge in [-0.3, -0.25) is 10.2 Å². The minimum Gasteiger partial charge on any atom is -0.372 e. The lowest BCUT2D eigenvalue weighted by Gasteiger charge is -2.26. The molecule has 1 fully saturated rings. The van der Waals surface area contributed by atoms with Gasteiger partial charge in [-0.2, -0.15) is 0 Å². The number of hydrazine groups is 1. The third kappa shape index (κ3) is 3.11. The molecule has 6 heteroatoms. The summed E-state index contributed by atoms with van der Waals surface area (Å²) < 4.78 is 0. The van der Waals surface area contributed by atoms with E-state index in [4.69, 9.17) is 11.6 Å². The Balaban J connectivity index is 2.01. The number of nitrogens with zero attached hydrogens (tertiary/aromatic N) is 2. The van der Waals surface area contributed by atoms with Crippen LogP contribution in [-0.4, -0.2) is 36.0 Å². The molecule has 0 atom stereocenters. The number of piperidine rings is 1. The van der Waals surface area contributed by atoms with Crippen molar-refractivity contribution in [2.45, 2.75) is 19.3 Å². The molecule has 1 aliphatic heterocycles. The molecule has 98 valence electrons. The van der Waals surface area contributed by atoms with Crippen LogP contribution in [0.2, 0.25) is 5.02 Å². The van der Waals surface area contributed by atoms with E-state index >= 15 is 0 Å². The maximum absolute atomic E-state index is 12.0. The van der Waals surface area contributed by atoms with E-state index in [-0.39, 0.29) is 5.91 Å². The predicted molar refractivity (Wildman–Crippen MR) is 71.7 cm³/mol. The molecular formula is C12H17ClN4O. The first-order chi connectivity index (χ1) is 8.70. The van der Waals surface area contributed by atoms with Crippen molar-refractivity contribution >= 4 is 23.3 Å². The molecule has 0 aromatic carbocycles. The number of halogens is 1. The van der Waals surface area contributed by atoms with Gasteiger partial charge < -0.3 is 5.32 Å². The summed E-state index contributed by atoms with van der Waals surface area (Å²) in [5, 5.41) is 5.26. The molecule has 2 heterocycles. The van der Waals surface area contributed by atoms with Crippen molar-refractivity contribution in [3.8, 4) is 0 Å². The van der Waals surface area contributed by atoms with E-state index in [2.05, 4.69) is 15.7 Å². The number of aromatic nitrogens is 1. The number of carbonyl (C=O) groups excluding carboxylic acids is 1. The van der Waals surface area contributed by atoms with E-state index in [0.717, 1.165) is 25.9 Å². The highest BCUT2D eigenvalue weighted by Gasteiger charge is 2.15. The summed E-state index contributed by atoms with van der Waals surface area (Å²) in [5.41, 5.74) is 3.35. The number of anilines is 1. The van der Waals surface area contributed by atoms with E-state index in [1.807, 2.05) is 5.01 Å². The average Bonchev–Trinajstić information content (AvgIpc) is 2.39. The van der Waals surface area contributed by atoms with Gasteiger partial charge in [-0.15, -0.1) is 0 Å². The average molecular weight is 269 g/mol. The molecule has 5 nitrogen and oxygen atoms in total. The van der Waals surface area contributed by atoms with Crippen LogP contribution in [-0.2, 0) is 0 Å². The molecule has 1 aliphatic rings. The zero-order valence-corrected chi connectivity index (χ0v) is 11.1. The Morgan fingerprint density at radius 1 is 1.39 bits per heavy atom. The zero-order chi connectivity index (χ0) is 13.0. The molecule has 1 aromatic heterocycles. The van der Waals surface area contributed by atoms with Gasteiger partial charge in [0.2, 0.25) is 0 Å². The van der Waals surface area contributed by atoms with Gasteiger partial charge in [0.05, 0.1) is 10.6 Å². The quantitative estimate of drug-likeness (QED) is 0.879. The normalized spacial score (nSPS) is 16.3. The van der Waals surface area contributed by atoms with Crippen molar-refractivity contribution < 1.29 is 4.79 Å². The van der Waals surface area contributed by atoms with Crippen molar-refractivity contribution in [3.63, 3.8) is 0 Å². The first-order valence-corrected chi connectivity index (χ1v) is 6.47. The van der Waals surface area contributed by atoms with Gasteiger partial charge in [0.25, 0.3) is 5.91 Å². The van der Waals surface area contributed by atoms with Gasteiger partial charge in [0.15, 0.2) is 0 Å². The Morgan fingerprint density at radius 2 is 2.11 bits per heavy atom. The van der Waals surface area contributed by atoms with Crippen LogP contribution in [0.25, 0.3) is 0 Å². The van der Waals surface area contributed by atoms with Crippen LogP contribution >= 0.6 is 11.6 Å². The number of amides is 1. The topological polar surface area (TPSA) is 57.3 Å². The van der Waals surface area contributed by atoms with E-state index in [1.54, 1.807) is 13.1 Å². The van der Waals surface area contributed by atoms with Crippen molar-refractivity contribution in [1.29, 1.82) is 0 Å². The van der Waals surface area contributed by atoms with Crippen LogP contribution in [0, 0.1) is 0 Å². The molecule has 1 aromatic rings. The number of nitrogens with one attached hydrogen (secondary N) is 2. The molecule has 18 heavy (non-hydrogen) atoms. The molecular weight excluding hydrogens is 252 g/mol. The molecule has 0 unspecified atom stereocenters. The molecule has 0 saturated carbocycles. The second-order valence-corrected chi connectivity index (χ2v) is 4.70. The van der Waals surface area contributed by atoms with E-state index in [9.17, 15) is 4.79 Å². The maximum Gasteiger partial charge on any atom is 0.267 e. The summed E-state index contributed by atoms with van der Waals surface area (Å²) in [6.45, 7) is 1.81. The third-order valence-corrected chi connectivity index (χ3v) is 3.24. The third-order valence-electron chi connectivity index (χ3n) is 2.96. The summed E-state index contributed by atoms with van der Waals surface area (Å²) in [7, 11) is 1.74. The molecule has 2 rings (SSSR count). The monoisotopic (exact) mass is 268 g/mol. The summed E-state index contributed by atoms with van der Waals surface area (Å²) in [6.07, 6.45) is 5.00. The molecule has 1 amide bonds. The van der Waals surface area contributed by atoms with Crippen molar-refractivity contribution in [2.24, 2.45) is 0 Å². The SMILES string of the molecule is CNc1ncc(C(=O)NN2CCCCC2)cc1Cl. The van der Waals surface area contributed by atoms with Crippen LogP contribution in [0.15, 0.2) is 12.3 Å². The number of hydrogen-bond donors (Lipinski definition) is 2. The standard InChI is InChI=1S/C12H17ClN4O/c1-14-11-10(13)7-9(8-15-11)12(18)16-17-5-3-2-4-6-17/h7-8H,2-6H2,1H3,(H,14,15)(H,16,18). The molecule has 0 spiro atoms. The van der Waals surface area contributed by atoms with Gasteiger partial charge in [0, 0.05) is 26.3 Å². The van der Waals surface area contributed by atoms with Crippen LogP contribution in [0.5, 0.6) is 0 Å². The fourth-order valence-electron chi connectivity index (χ4n) is 1.96. The number of hydrogen-bond acceptors (Lipinski definition) is 4. The van der Waals surface area contributed by atoms with Crippen molar-refractivity contribution in [3.05, 3.63) is 22.8 Å². The smallest absolute Gasteiger partial charge is 0.267 e. The van der Waals surface area contributed by atoms with E-state index in [0.29, 0.717) is 16.4 Å². The minimum absolute atomic E-state index is 0.158. The lowest BCUT2D eigenvalue weighted by molar-refractivity contribution is 0.0749. The Kier molecular flexibility index (Phi) is 4.38. The highest BCUT2D eigenvalue weighted by molar-refractivity contribution is 6.33. The minimum atomic E-state index is -0.158. The van der Waals surface area contributed by atoms with Crippen molar-refractivity contribution in [1.82, 2.24) is 15.4 Å². The van der Waals surface area contributed by atoms with Crippen LogP contribution < -0.4 is 10.7 Å². The second kappa shape index (κ2) is 6.02. The Morgan fingerprint density at radius 3 is 2.72 bits per heavy atom. The van der Waals surface area contributed by atoms with Crippen molar-refractivity contribution in [2.75, 3.05) is 25.5 Å². The van der Waals surface area contributed by atoms with E-state index < -0.39 is 0 Å². The fourth-order valence-corrected chi connectivity index (χ4v) is 2.22. The molecule has 1 saturated heterocycles. The number of rotatable bonds is 3. The summed E-state index contributed by atoms with van der Waals surface area (Å²) >= 11 is 6.00. The number of carbonyl (C=O) groups is 1. The van der Waals surface area contributed by atoms with Gasteiger partial charge in [0.1, 0.15) is 5.82 Å². The Bertz CT molecular complexity index is 432. The second-order valence-electron chi connectivity index (χ2n) is 4.29. The van der Waals surface area contributed by atoms with Crippen LogP contribution in [0.3, 0.4) is 0 Å². The summed E-state index contributed by atoms with van der Waals surface area (Å²) in [6, 6.07) is 1.62. The summed E-state index contributed by atoms with van der Waals surface area (Å²) in [5.74, 6) is 0.417. The van der Waals surface area contributed by atoms with Gasteiger partial charge in [-0.25, -0.2) is 9.99 Å². The lowest BCUT2D eigenvalue weighted by Crippen LogP contribution is -2.45. The molecule has 0 bridgehead atoms. The van der Waals surface area contributed by atoms with Gasteiger partial charge in [-0.1, -0.05) is 18.0 Å². The molecule has 0 radical (unpaired) electrons. The largest absolute Gasteiger partial charge is 0.372 e.